The Morgan fingerprint density at radius 2 is 2.18 bits per heavy atom. The van der Waals surface area contributed by atoms with Crippen molar-refractivity contribution in [2.24, 2.45) is 5.73 Å². The maximum atomic E-state index is 13.2. The number of halogens is 2. The van der Waals surface area contributed by atoms with Gasteiger partial charge in [0.2, 0.25) is 0 Å². The first-order valence-electron chi connectivity index (χ1n) is 5.97. The summed E-state index contributed by atoms with van der Waals surface area (Å²) in [6.07, 6.45) is 0.998. The fourth-order valence-electron chi connectivity index (χ4n) is 2.56. The highest BCUT2D eigenvalue weighted by Gasteiger charge is 2.34. The molecule has 1 heterocycles. The van der Waals surface area contributed by atoms with Gasteiger partial charge in [0.1, 0.15) is 5.82 Å². The summed E-state index contributed by atoms with van der Waals surface area (Å²) < 4.78 is 13.8. The number of benzene rings is 1. The van der Waals surface area contributed by atoms with E-state index < -0.39 is 0 Å². The molecule has 0 aliphatic carbocycles. The first-order chi connectivity index (χ1) is 8.00. The molecule has 1 aliphatic rings. The van der Waals surface area contributed by atoms with Gasteiger partial charge in [0, 0.05) is 18.6 Å². The van der Waals surface area contributed by atoms with E-state index in [1.165, 1.54) is 6.07 Å². The Hall–Kier alpha value is -0.450. The molecule has 2 nitrogen and oxygen atoms in total. The van der Waals surface area contributed by atoms with Gasteiger partial charge in [-0.2, -0.15) is 0 Å². The molecule has 1 saturated heterocycles. The highest BCUT2D eigenvalue weighted by Crippen LogP contribution is 2.34. The number of likely N-dealkylation sites (tertiary alicyclic amines) is 1. The van der Waals surface area contributed by atoms with E-state index in [1.54, 1.807) is 0 Å². The van der Waals surface area contributed by atoms with Crippen molar-refractivity contribution >= 4 is 15.9 Å². The second kappa shape index (κ2) is 5.04. The molecule has 17 heavy (non-hydrogen) atoms. The number of hydrogen-bond acceptors (Lipinski definition) is 2. The van der Waals surface area contributed by atoms with Crippen LogP contribution in [-0.2, 0) is 0 Å². The molecule has 0 bridgehead atoms. The van der Waals surface area contributed by atoms with Crippen molar-refractivity contribution < 1.29 is 4.39 Å². The Labute approximate surface area is 110 Å². The van der Waals surface area contributed by atoms with Gasteiger partial charge in [0.05, 0.1) is 10.5 Å². The molecule has 4 heteroatoms. The van der Waals surface area contributed by atoms with Crippen molar-refractivity contribution in [1.29, 1.82) is 0 Å². The number of nitrogens with zero attached hydrogens (tertiary/aromatic N) is 1. The zero-order valence-corrected chi connectivity index (χ0v) is 11.7. The number of nitrogens with two attached hydrogens (primary N) is 1. The first kappa shape index (κ1) is 13.0. The zero-order valence-electron chi connectivity index (χ0n) is 10.2. The van der Waals surface area contributed by atoms with Crippen LogP contribution in [0.1, 0.15) is 31.9 Å². The van der Waals surface area contributed by atoms with Gasteiger partial charge in [0.15, 0.2) is 0 Å². The highest BCUT2D eigenvalue weighted by atomic mass is 79.9. The molecule has 0 amide bonds. The van der Waals surface area contributed by atoms with E-state index in [4.69, 9.17) is 5.73 Å². The lowest BCUT2D eigenvalue weighted by Gasteiger charge is -2.30. The van der Waals surface area contributed by atoms with Crippen LogP contribution < -0.4 is 5.73 Å². The fourth-order valence-corrected chi connectivity index (χ4v) is 2.95. The molecular formula is C13H18BrFN2. The average molecular weight is 301 g/mol. The molecule has 0 aromatic heterocycles. The summed E-state index contributed by atoms with van der Waals surface area (Å²) in [6.45, 7) is 5.35. The van der Waals surface area contributed by atoms with Crippen LogP contribution in [0, 0.1) is 5.82 Å². The van der Waals surface area contributed by atoms with Crippen LogP contribution in [0.25, 0.3) is 0 Å². The van der Waals surface area contributed by atoms with E-state index in [0.29, 0.717) is 10.5 Å². The van der Waals surface area contributed by atoms with Crippen LogP contribution in [0.3, 0.4) is 0 Å². The van der Waals surface area contributed by atoms with E-state index in [9.17, 15) is 4.39 Å². The molecule has 0 spiro atoms. The summed E-state index contributed by atoms with van der Waals surface area (Å²) >= 11 is 3.24. The largest absolute Gasteiger partial charge is 0.326 e. The van der Waals surface area contributed by atoms with Gasteiger partial charge < -0.3 is 5.73 Å². The van der Waals surface area contributed by atoms with E-state index in [0.717, 1.165) is 18.5 Å². The monoisotopic (exact) mass is 300 g/mol. The summed E-state index contributed by atoms with van der Waals surface area (Å²) in [4.78, 5) is 2.38. The molecule has 94 valence electrons. The van der Waals surface area contributed by atoms with Crippen LogP contribution in [0.4, 0.5) is 4.39 Å². The van der Waals surface area contributed by atoms with Crippen molar-refractivity contribution in [3.05, 3.63) is 34.1 Å². The highest BCUT2D eigenvalue weighted by molar-refractivity contribution is 9.10. The van der Waals surface area contributed by atoms with Gasteiger partial charge >= 0.3 is 0 Å². The zero-order chi connectivity index (χ0) is 12.6. The third kappa shape index (κ3) is 2.54. The maximum absolute atomic E-state index is 13.2. The minimum Gasteiger partial charge on any atom is -0.326 e. The van der Waals surface area contributed by atoms with E-state index in [1.807, 2.05) is 12.1 Å². The maximum Gasteiger partial charge on any atom is 0.137 e. The smallest absolute Gasteiger partial charge is 0.137 e. The molecule has 0 radical (unpaired) electrons. The van der Waals surface area contributed by atoms with Crippen molar-refractivity contribution in [2.75, 3.05) is 6.54 Å². The Morgan fingerprint density at radius 1 is 1.47 bits per heavy atom. The van der Waals surface area contributed by atoms with Crippen LogP contribution in [-0.4, -0.2) is 23.5 Å². The lowest BCUT2D eigenvalue weighted by atomic mass is 10.00. The van der Waals surface area contributed by atoms with Crippen LogP contribution in [0.5, 0.6) is 0 Å². The first-order valence-corrected chi connectivity index (χ1v) is 6.76. The normalized spacial score (nSPS) is 25.8. The Balaban J connectivity index is 2.33. The number of rotatable bonds is 2. The Morgan fingerprint density at radius 3 is 2.76 bits per heavy atom. The molecule has 0 saturated carbocycles. The van der Waals surface area contributed by atoms with Crippen LogP contribution in [0.15, 0.2) is 22.7 Å². The quantitative estimate of drug-likeness (QED) is 0.909. The summed E-state index contributed by atoms with van der Waals surface area (Å²) in [7, 11) is 0. The standard InChI is InChI=1S/C13H18BrFN2/c1-8(2)17-6-5-12(16)13(17)9-3-4-11(15)10(14)7-9/h3-4,7-8,12-13H,5-6,16H2,1-2H3/t12-,13+/m1/s1. The molecule has 1 aliphatic heterocycles. The topological polar surface area (TPSA) is 29.3 Å². The predicted molar refractivity (Wildman–Crippen MR) is 71.3 cm³/mol. The summed E-state index contributed by atoms with van der Waals surface area (Å²) in [5.41, 5.74) is 7.27. The average Bonchev–Trinajstić information content (AvgIpc) is 2.64. The molecule has 2 N–H and O–H groups in total. The molecule has 2 rings (SSSR count). The van der Waals surface area contributed by atoms with Gasteiger partial charge in [-0.1, -0.05) is 6.07 Å². The van der Waals surface area contributed by atoms with Gasteiger partial charge in [-0.25, -0.2) is 4.39 Å². The van der Waals surface area contributed by atoms with Crippen molar-refractivity contribution in [3.8, 4) is 0 Å². The lowest BCUT2D eigenvalue weighted by Crippen LogP contribution is -2.35. The summed E-state index contributed by atoms with van der Waals surface area (Å²) in [6, 6.07) is 5.98. The second-order valence-electron chi connectivity index (χ2n) is 4.90. The molecule has 0 unspecified atom stereocenters. The second-order valence-corrected chi connectivity index (χ2v) is 5.76. The summed E-state index contributed by atoms with van der Waals surface area (Å²) in [5, 5.41) is 0. The Bertz CT molecular complexity index is 408. The van der Waals surface area contributed by atoms with Crippen molar-refractivity contribution in [1.82, 2.24) is 4.90 Å². The summed E-state index contributed by atoms with van der Waals surface area (Å²) in [5.74, 6) is -0.226. The van der Waals surface area contributed by atoms with Gasteiger partial charge in [-0.3, -0.25) is 4.90 Å². The molecule has 1 fully saturated rings. The van der Waals surface area contributed by atoms with Gasteiger partial charge in [-0.05, 0) is 53.9 Å². The minimum absolute atomic E-state index is 0.134. The predicted octanol–water partition coefficient (Wildman–Crippen LogP) is 3.07. The van der Waals surface area contributed by atoms with Crippen molar-refractivity contribution in [3.63, 3.8) is 0 Å². The molecule has 1 aromatic carbocycles. The third-order valence-electron chi connectivity index (χ3n) is 3.43. The molecular weight excluding hydrogens is 283 g/mol. The van der Waals surface area contributed by atoms with Crippen molar-refractivity contribution in [2.45, 2.75) is 38.4 Å². The fraction of sp³-hybridized carbons (Fsp3) is 0.538. The molecule has 2 atom stereocenters. The minimum atomic E-state index is -0.226. The lowest BCUT2D eigenvalue weighted by molar-refractivity contribution is 0.198. The third-order valence-corrected chi connectivity index (χ3v) is 4.04. The van der Waals surface area contributed by atoms with E-state index in [-0.39, 0.29) is 17.9 Å². The molecule has 1 aromatic rings. The van der Waals surface area contributed by atoms with E-state index >= 15 is 0 Å². The van der Waals surface area contributed by atoms with Gasteiger partial charge in [-0.15, -0.1) is 0 Å². The SMILES string of the molecule is CC(C)N1CC[C@@H](N)[C@@H]1c1ccc(F)c(Br)c1. The van der Waals surface area contributed by atoms with Crippen LogP contribution in [0.2, 0.25) is 0 Å². The van der Waals surface area contributed by atoms with E-state index in [2.05, 4.69) is 34.7 Å². The number of hydrogen-bond donors (Lipinski definition) is 1. The van der Waals surface area contributed by atoms with Gasteiger partial charge in [0.25, 0.3) is 0 Å². The van der Waals surface area contributed by atoms with Crippen LogP contribution >= 0.6 is 15.9 Å². The Kier molecular flexibility index (Phi) is 3.85.